The van der Waals surface area contributed by atoms with Crippen LogP contribution in [0.4, 0.5) is 0 Å². The lowest BCUT2D eigenvalue weighted by Crippen LogP contribution is -1.87. The second-order valence-corrected chi connectivity index (χ2v) is 4.94. The molecule has 20 heavy (non-hydrogen) atoms. The molecule has 0 aliphatic rings. The van der Waals surface area contributed by atoms with E-state index in [1.165, 1.54) is 0 Å². The van der Waals surface area contributed by atoms with Gasteiger partial charge >= 0.3 is 0 Å². The second-order valence-electron chi connectivity index (χ2n) is 4.57. The lowest BCUT2D eigenvalue weighted by atomic mass is 10.0. The molecule has 0 saturated heterocycles. The molecule has 0 aliphatic heterocycles. The zero-order valence-corrected chi connectivity index (χ0v) is 11.3. The number of aromatic amines is 1. The molecule has 0 atom stereocenters. The van der Waals surface area contributed by atoms with E-state index in [0.29, 0.717) is 10.6 Å². The molecule has 2 heterocycles. The van der Waals surface area contributed by atoms with Gasteiger partial charge in [0.05, 0.1) is 5.69 Å². The van der Waals surface area contributed by atoms with Gasteiger partial charge in [0, 0.05) is 16.3 Å². The van der Waals surface area contributed by atoms with Crippen LogP contribution in [0.3, 0.4) is 0 Å². The molecule has 2 aromatic heterocycles. The molecule has 1 N–H and O–H groups in total. The number of rotatable bonds is 1. The first-order chi connectivity index (χ1) is 9.83. The molecular weight excluding hydrogens is 268 g/mol. The zero-order valence-electron chi connectivity index (χ0n) is 10.5. The van der Waals surface area contributed by atoms with E-state index in [-0.39, 0.29) is 0 Å². The van der Waals surface area contributed by atoms with Crippen molar-refractivity contribution in [2.75, 3.05) is 0 Å². The first kappa shape index (κ1) is 11.4. The van der Waals surface area contributed by atoms with Crippen LogP contribution in [0.15, 0.2) is 59.0 Å². The minimum absolute atomic E-state index is 0.350. The van der Waals surface area contributed by atoms with E-state index in [4.69, 9.17) is 16.6 Å². The summed E-state index contributed by atoms with van der Waals surface area (Å²) in [5, 5.41) is 2.15. The Balaban J connectivity index is 2.21. The molecule has 2 aromatic carbocycles. The normalized spacial score (nSPS) is 11.2. The molecule has 4 aromatic rings. The molecule has 96 valence electrons. The molecule has 0 bridgehead atoms. The second kappa shape index (κ2) is 4.28. The zero-order chi connectivity index (χ0) is 13.5. The van der Waals surface area contributed by atoms with Crippen LogP contribution in [-0.2, 0) is 0 Å². The van der Waals surface area contributed by atoms with Crippen molar-refractivity contribution in [3.8, 4) is 11.3 Å². The summed E-state index contributed by atoms with van der Waals surface area (Å²) in [6.07, 6.45) is 0. The van der Waals surface area contributed by atoms with Crippen molar-refractivity contribution >= 4 is 34.2 Å². The molecule has 0 amide bonds. The monoisotopic (exact) mass is 278 g/mol. The van der Waals surface area contributed by atoms with Crippen LogP contribution in [-0.4, -0.2) is 9.97 Å². The first-order valence-electron chi connectivity index (χ1n) is 6.30. The Hall–Kier alpha value is -2.46. The number of aromatic nitrogens is 2. The van der Waals surface area contributed by atoms with Crippen molar-refractivity contribution < 1.29 is 4.42 Å². The highest BCUT2D eigenvalue weighted by Gasteiger charge is 2.12. The van der Waals surface area contributed by atoms with Crippen LogP contribution < -0.4 is 0 Å². The summed E-state index contributed by atoms with van der Waals surface area (Å²) in [5.41, 5.74) is 3.37. The quantitative estimate of drug-likeness (QED) is 0.513. The topological polar surface area (TPSA) is 41.8 Å². The average Bonchev–Trinajstić information content (AvgIpc) is 2.88. The summed E-state index contributed by atoms with van der Waals surface area (Å²) in [6, 6.07) is 18.2. The molecular formula is C16H10N2OS. The van der Waals surface area contributed by atoms with Crippen molar-refractivity contribution in [3.63, 3.8) is 0 Å². The van der Waals surface area contributed by atoms with Crippen LogP contribution in [0.1, 0.15) is 0 Å². The number of benzene rings is 2. The molecule has 0 aliphatic carbocycles. The van der Waals surface area contributed by atoms with Gasteiger partial charge in [-0.2, -0.15) is 0 Å². The number of oxazole rings is 1. The van der Waals surface area contributed by atoms with Crippen molar-refractivity contribution in [3.05, 3.63) is 59.4 Å². The predicted molar refractivity (Wildman–Crippen MR) is 82.1 cm³/mol. The molecule has 3 nitrogen and oxygen atoms in total. The average molecular weight is 278 g/mol. The fraction of sp³-hybridized carbons (Fsp3) is 0. The third-order valence-corrected chi connectivity index (χ3v) is 3.53. The van der Waals surface area contributed by atoms with E-state index in [1.807, 2.05) is 48.5 Å². The van der Waals surface area contributed by atoms with Gasteiger partial charge in [0.15, 0.2) is 0 Å². The van der Waals surface area contributed by atoms with Gasteiger partial charge < -0.3 is 9.40 Å². The molecule has 0 fully saturated rings. The lowest BCUT2D eigenvalue weighted by molar-refractivity contribution is 0.573. The van der Waals surface area contributed by atoms with Crippen molar-refractivity contribution in [1.82, 2.24) is 9.97 Å². The van der Waals surface area contributed by atoms with Gasteiger partial charge in [0.1, 0.15) is 5.52 Å². The van der Waals surface area contributed by atoms with Crippen molar-refractivity contribution in [2.45, 2.75) is 0 Å². The van der Waals surface area contributed by atoms with Gasteiger partial charge in [0.25, 0.3) is 4.84 Å². The minimum Gasteiger partial charge on any atom is -0.410 e. The molecule has 4 rings (SSSR count). The summed E-state index contributed by atoms with van der Waals surface area (Å²) in [5.74, 6) is 0. The molecule has 0 radical (unpaired) electrons. The number of nitrogens with zero attached hydrogens (tertiary/aromatic N) is 1. The molecule has 0 unspecified atom stereocenters. The Morgan fingerprint density at radius 3 is 2.40 bits per heavy atom. The van der Waals surface area contributed by atoms with E-state index in [2.05, 4.69) is 16.0 Å². The Labute approximate surface area is 119 Å². The van der Waals surface area contributed by atoms with E-state index in [1.54, 1.807) is 0 Å². The Bertz CT molecular complexity index is 970. The highest BCUT2D eigenvalue weighted by molar-refractivity contribution is 7.71. The lowest BCUT2D eigenvalue weighted by Gasteiger charge is -2.06. The number of hydrogen-bond donors (Lipinski definition) is 1. The van der Waals surface area contributed by atoms with Gasteiger partial charge in [-0.3, -0.25) is 0 Å². The van der Waals surface area contributed by atoms with E-state index < -0.39 is 0 Å². The third kappa shape index (κ3) is 1.66. The predicted octanol–water partition coefficient (Wildman–Crippen LogP) is 4.71. The van der Waals surface area contributed by atoms with Crippen molar-refractivity contribution in [2.24, 2.45) is 0 Å². The highest BCUT2D eigenvalue weighted by atomic mass is 32.1. The molecule has 0 saturated carbocycles. The van der Waals surface area contributed by atoms with Gasteiger partial charge in [-0.05, 0) is 12.2 Å². The summed E-state index contributed by atoms with van der Waals surface area (Å²) >= 11 is 5.07. The largest absolute Gasteiger partial charge is 0.410 e. The van der Waals surface area contributed by atoms with Gasteiger partial charge in [-0.1, -0.05) is 54.6 Å². The Morgan fingerprint density at radius 2 is 1.60 bits per heavy atom. The maximum atomic E-state index is 5.49. The van der Waals surface area contributed by atoms with Gasteiger partial charge in [0.2, 0.25) is 5.71 Å². The standard InChI is InChI=1S/C16H10N2OS/c20-16-18-14-12-9-5-4-8-11(12)13(17-15(14)19-16)10-6-2-1-3-7-10/h1-9H,(H,18,20). The summed E-state index contributed by atoms with van der Waals surface area (Å²) in [4.78, 5) is 8.05. The van der Waals surface area contributed by atoms with Crippen LogP contribution in [0, 0.1) is 4.84 Å². The fourth-order valence-corrected chi connectivity index (χ4v) is 2.65. The van der Waals surface area contributed by atoms with Gasteiger partial charge in [-0.15, -0.1) is 0 Å². The van der Waals surface area contributed by atoms with Crippen LogP contribution in [0.25, 0.3) is 33.3 Å². The Morgan fingerprint density at radius 1 is 0.900 bits per heavy atom. The fourth-order valence-electron chi connectivity index (χ4n) is 2.47. The number of fused-ring (bicyclic) bond motifs is 3. The van der Waals surface area contributed by atoms with Crippen LogP contribution >= 0.6 is 12.2 Å². The van der Waals surface area contributed by atoms with E-state index in [0.717, 1.165) is 27.5 Å². The van der Waals surface area contributed by atoms with Crippen LogP contribution in [0.5, 0.6) is 0 Å². The molecule has 0 spiro atoms. The SMILES string of the molecule is S=c1[nH]c2c(nc(-c3ccccc3)c3ccccc32)o1. The van der Waals surface area contributed by atoms with Crippen molar-refractivity contribution in [1.29, 1.82) is 0 Å². The Kier molecular flexibility index (Phi) is 2.44. The summed E-state index contributed by atoms with van der Waals surface area (Å²) in [6.45, 7) is 0. The first-order valence-corrected chi connectivity index (χ1v) is 6.71. The van der Waals surface area contributed by atoms with E-state index in [9.17, 15) is 0 Å². The number of pyridine rings is 1. The minimum atomic E-state index is 0.350. The summed E-state index contributed by atoms with van der Waals surface area (Å²) in [7, 11) is 0. The van der Waals surface area contributed by atoms with E-state index >= 15 is 0 Å². The number of H-pyrrole nitrogens is 1. The highest BCUT2D eigenvalue weighted by Crippen LogP contribution is 2.31. The number of hydrogen-bond acceptors (Lipinski definition) is 3. The third-order valence-electron chi connectivity index (χ3n) is 3.34. The maximum Gasteiger partial charge on any atom is 0.268 e. The maximum absolute atomic E-state index is 5.49. The number of nitrogens with one attached hydrogen (secondary N) is 1. The molecule has 4 heteroatoms. The summed E-state index contributed by atoms with van der Waals surface area (Å²) < 4.78 is 5.49. The van der Waals surface area contributed by atoms with Crippen LogP contribution in [0.2, 0.25) is 0 Å². The van der Waals surface area contributed by atoms with Gasteiger partial charge in [-0.25, -0.2) is 4.98 Å². The smallest absolute Gasteiger partial charge is 0.268 e.